The molecule has 2 nitrogen and oxygen atoms in total. The average Bonchev–Trinajstić information content (AvgIpc) is 2.39. The zero-order valence-electron chi connectivity index (χ0n) is 10.6. The zero-order chi connectivity index (χ0) is 13.7. The van der Waals surface area contributed by atoms with Crippen LogP contribution in [0.3, 0.4) is 0 Å². The molecule has 0 aliphatic carbocycles. The fourth-order valence-electron chi connectivity index (χ4n) is 1.69. The van der Waals surface area contributed by atoms with Gasteiger partial charge in [-0.25, -0.2) is 4.39 Å². The molecule has 4 heteroatoms. The Hall–Kier alpha value is -1.74. The largest absolute Gasteiger partial charge is 0.492 e. The Morgan fingerprint density at radius 2 is 2.05 bits per heavy atom. The van der Waals surface area contributed by atoms with Crippen LogP contribution in [-0.4, -0.2) is 13.2 Å². The van der Waals surface area contributed by atoms with E-state index >= 15 is 0 Å². The van der Waals surface area contributed by atoms with Crippen LogP contribution in [0.25, 0.3) is 0 Å². The molecule has 0 spiro atoms. The van der Waals surface area contributed by atoms with E-state index in [-0.39, 0.29) is 5.02 Å². The van der Waals surface area contributed by atoms with Gasteiger partial charge in [0.2, 0.25) is 0 Å². The lowest BCUT2D eigenvalue weighted by Gasteiger charge is -2.09. The number of nitrogens with one attached hydrogen (secondary N) is 1. The molecule has 2 aromatic carbocycles. The van der Waals surface area contributed by atoms with Crippen molar-refractivity contribution in [3.8, 4) is 5.75 Å². The van der Waals surface area contributed by atoms with Crippen molar-refractivity contribution in [1.82, 2.24) is 0 Å². The quantitative estimate of drug-likeness (QED) is 0.825. The van der Waals surface area contributed by atoms with Crippen molar-refractivity contribution >= 4 is 17.3 Å². The molecule has 0 amide bonds. The molecule has 0 radical (unpaired) electrons. The van der Waals surface area contributed by atoms with Gasteiger partial charge in [-0.3, -0.25) is 0 Å². The van der Waals surface area contributed by atoms with Crippen molar-refractivity contribution in [2.24, 2.45) is 0 Å². The first kappa shape index (κ1) is 13.7. The van der Waals surface area contributed by atoms with E-state index in [2.05, 4.69) is 11.4 Å². The summed E-state index contributed by atoms with van der Waals surface area (Å²) < 4.78 is 18.6. The normalized spacial score (nSPS) is 10.3. The van der Waals surface area contributed by atoms with E-state index in [4.69, 9.17) is 16.3 Å². The van der Waals surface area contributed by atoms with E-state index in [1.807, 2.05) is 25.1 Å². The highest BCUT2D eigenvalue weighted by Crippen LogP contribution is 2.20. The molecule has 0 aromatic heterocycles. The third-order valence-electron chi connectivity index (χ3n) is 2.61. The maximum atomic E-state index is 13.2. The Morgan fingerprint density at radius 1 is 1.21 bits per heavy atom. The predicted molar refractivity (Wildman–Crippen MR) is 76.6 cm³/mol. The van der Waals surface area contributed by atoms with Crippen LogP contribution < -0.4 is 10.1 Å². The van der Waals surface area contributed by atoms with Gasteiger partial charge in [0, 0.05) is 18.3 Å². The Morgan fingerprint density at radius 3 is 2.79 bits per heavy atom. The molecule has 0 saturated heterocycles. The topological polar surface area (TPSA) is 21.3 Å². The maximum Gasteiger partial charge on any atom is 0.145 e. The smallest absolute Gasteiger partial charge is 0.145 e. The number of benzene rings is 2. The lowest BCUT2D eigenvalue weighted by molar-refractivity contribution is 0.331. The van der Waals surface area contributed by atoms with E-state index in [0.717, 1.165) is 5.69 Å². The molecule has 0 bridgehead atoms. The van der Waals surface area contributed by atoms with Gasteiger partial charge in [-0.15, -0.1) is 0 Å². The highest BCUT2D eigenvalue weighted by atomic mass is 35.5. The molecule has 0 atom stereocenters. The molecule has 0 saturated carbocycles. The standard InChI is InChI=1S/C15H15ClFNO/c1-11-3-2-4-12(9-11)18-7-8-19-13-5-6-14(16)15(17)10-13/h2-6,9-10,18H,7-8H2,1H3. The summed E-state index contributed by atoms with van der Waals surface area (Å²) in [6, 6.07) is 12.5. The molecular formula is C15H15ClFNO. The van der Waals surface area contributed by atoms with Gasteiger partial charge < -0.3 is 10.1 Å². The number of ether oxygens (including phenoxy) is 1. The second-order valence-electron chi connectivity index (χ2n) is 4.22. The molecule has 0 heterocycles. The monoisotopic (exact) mass is 279 g/mol. The number of aryl methyl sites for hydroxylation is 1. The van der Waals surface area contributed by atoms with Crippen molar-refractivity contribution in [3.63, 3.8) is 0 Å². The molecule has 0 unspecified atom stereocenters. The molecule has 100 valence electrons. The second kappa shape index (κ2) is 6.43. The predicted octanol–water partition coefficient (Wildman–Crippen LogP) is 4.28. The third-order valence-corrected chi connectivity index (χ3v) is 2.92. The molecular weight excluding hydrogens is 265 g/mol. The summed E-state index contributed by atoms with van der Waals surface area (Å²) in [7, 11) is 0. The van der Waals surface area contributed by atoms with Gasteiger partial charge in [-0.05, 0) is 36.8 Å². The first-order valence-corrected chi connectivity index (χ1v) is 6.41. The molecule has 0 fully saturated rings. The maximum absolute atomic E-state index is 13.2. The van der Waals surface area contributed by atoms with Gasteiger partial charge in [0.05, 0.1) is 5.02 Å². The van der Waals surface area contributed by atoms with Crippen molar-refractivity contribution in [2.45, 2.75) is 6.92 Å². The Kier molecular flexibility index (Phi) is 4.63. The van der Waals surface area contributed by atoms with Crippen LogP contribution in [0.1, 0.15) is 5.56 Å². The summed E-state index contributed by atoms with van der Waals surface area (Å²) in [5, 5.41) is 3.34. The average molecular weight is 280 g/mol. The van der Waals surface area contributed by atoms with Crippen LogP contribution >= 0.6 is 11.6 Å². The minimum Gasteiger partial charge on any atom is -0.492 e. The lowest BCUT2D eigenvalue weighted by Crippen LogP contribution is -2.11. The minimum atomic E-state index is -0.467. The molecule has 2 aromatic rings. The molecule has 0 aliphatic rings. The van der Waals surface area contributed by atoms with Crippen molar-refractivity contribution in [2.75, 3.05) is 18.5 Å². The second-order valence-corrected chi connectivity index (χ2v) is 4.63. The van der Waals surface area contributed by atoms with Crippen LogP contribution in [0.4, 0.5) is 10.1 Å². The van der Waals surface area contributed by atoms with E-state index in [9.17, 15) is 4.39 Å². The highest BCUT2D eigenvalue weighted by Gasteiger charge is 2.01. The van der Waals surface area contributed by atoms with Crippen molar-refractivity contribution < 1.29 is 9.13 Å². The van der Waals surface area contributed by atoms with Crippen molar-refractivity contribution in [3.05, 3.63) is 58.9 Å². The summed E-state index contributed by atoms with van der Waals surface area (Å²) in [6.07, 6.45) is 0. The summed E-state index contributed by atoms with van der Waals surface area (Å²) in [5.74, 6) is 0.0127. The Labute approximate surface area is 117 Å². The minimum absolute atomic E-state index is 0.102. The zero-order valence-corrected chi connectivity index (χ0v) is 11.4. The SMILES string of the molecule is Cc1cccc(NCCOc2ccc(Cl)c(F)c2)c1. The molecule has 1 N–H and O–H groups in total. The van der Waals surface area contributed by atoms with Crippen LogP contribution in [0, 0.1) is 12.7 Å². The first-order valence-electron chi connectivity index (χ1n) is 6.03. The lowest BCUT2D eigenvalue weighted by atomic mass is 10.2. The number of anilines is 1. The van der Waals surface area contributed by atoms with Crippen LogP contribution in [0.15, 0.2) is 42.5 Å². The fraction of sp³-hybridized carbons (Fsp3) is 0.200. The molecule has 19 heavy (non-hydrogen) atoms. The van der Waals surface area contributed by atoms with Crippen LogP contribution in [0.5, 0.6) is 5.75 Å². The summed E-state index contributed by atoms with van der Waals surface area (Å²) in [5.41, 5.74) is 2.25. The van der Waals surface area contributed by atoms with E-state index in [1.54, 1.807) is 6.07 Å². The van der Waals surface area contributed by atoms with Crippen molar-refractivity contribution in [1.29, 1.82) is 0 Å². The van der Waals surface area contributed by atoms with Crippen LogP contribution in [0.2, 0.25) is 5.02 Å². The van der Waals surface area contributed by atoms with Gasteiger partial charge in [0.1, 0.15) is 18.2 Å². The number of rotatable bonds is 5. The van der Waals surface area contributed by atoms with Gasteiger partial charge in [-0.1, -0.05) is 23.7 Å². The number of halogens is 2. The molecule has 0 aliphatic heterocycles. The summed E-state index contributed by atoms with van der Waals surface area (Å²) in [4.78, 5) is 0. The van der Waals surface area contributed by atoms with E-state index in [0.29, 0.717) is 18.9 Å². The van der Waals surface area contributed by atoms with E-state index in [1.165, 1.54) is 17.7 Å². The number of hydrogen-bond acceptors (Lipinski definition) is 2. The first-order chi connectivity index (χ1) is 9.15. The summed E-state index contributed by atoms with van der Waals surface area (Å²) >= 11 is 5.59. The van der Waals surface area contributed by atoms with Gasteiger partial charge in [0.15, 0.2) is 0 Å². The molecule has 2 rings (SSSR count). The highest BCUT2D eigenvalue weighted by molar-refractivity contribution is 6.30. The number of hydrogen-bond donors (Lipinski definition) is 1. The summed E-state index contributed by atoms with van der Waals surface area (Å²) in [6.45, 7) is 3.14. The van der Waals surface area contributed by atoms with E-state index < -0.39 is 5.82 Å². The van der Waals surface area contributed by atoms with Gasteiger partial charge >= 0.3 is 0 Å². The van der Waals surface area contributed by atoms with Gasteiger partial charge in [0.25, 0.3) is 0 Å². The fourth-order valence-corrected chi connectivity index (χ4v) is 1.80. The van der Waals surface area contributed by atoms with Crippen LogP contribution in [-0.2, 0) is 0 Å². The Balaban J connectivity index is 1.79. The third kappa shape index (κ3) is 4.14. The van der Waals surface area contributed by atoms with Gasteiger partial charge in [-0.2, -0.15) is 0 Å². The Bertz CT molecular complexity index is 560.